The second-order valence-electron chi connectivity index (χ2n) is 4.55. The molecule has 0 atom stereocenters. The maximum absolute atomic E-state index is 11.6. The predicted octanol–water partition coefficient (Wildman–Crippen LogP) is 3.00. The van der Waals surface area contributed by atoms with Gasteiger partial charge in [-0.15, -0.1) is 0 Å². The van der Waals surface area contributed by atoms with Crippen LogP contribution in [0.25, 0.3) is 0 Å². The molecule has 0 bridgehead atoms. The van der Waals surface area contributed by atoms with Gasteiger partial charge in [0.2, 0.25) is 0 Å². The number of esters is 1. The third-order valence-electron chi connectivity index (χ3n) is 3.09. The van der Waals surface area contributed by atoms with Gasteiger partial charge in [0.15, 0.2) is 0 Å². The number of ether oxygens (including phenoxy) is 1. The van der Waals surface area contributed by atoms with E-state index in [1.807, 2.05) is 5.01 Å². The Morgan fingerprint density at radius 2 is 2.35 bits per heavy atom. The van der Waals surface area contributed by atoms with Gasteiger partial charge in [0.25, 0.3) is 0 Å². The van der Waals surface area contributed by atoms with Crippen LogP contribution in [0.15, 0.2) is 23.2 Å². The van der Waals surface area contributed by atoms with Crippen molar-refractivity contribution in [2.75, 3.05) is 18.8 Å². The average Bonchev–Trinajstić information content (AvgIpc) is 2.93. The molecule has 0 spiro atoms. The Balaban J connectivity index is 2.12. The third-order valence-corrected chi connectivity index (χ3v) is 3.41. The van der Waals surface area contributed by atoms with E-state index < -0.39 is 0 Å². The van der Waals surface area contributed by atoms with Crippen LogP contribution in [0, 0.1) is 0 Å². The number of carbonyl (C=O) groups is 1. The number of hydrazine groups is 1. The molecule has 0 aliphatic carbocycles. The summed E-state index contributed by atoms with van der Waals surface area (Å²) in [5, 5.41) is 2.40. The fourth-order valence-corrected chi connectivity index (χ4v) is 2.18. The van der Waals surface area contributed by atoms with Crippen molar-refractivity contribution in [3.63, 3.8) is 0 Å². The van der Waals surface area contributed by atoms with Crippen molar-refractivity contribution in [3.8, 4) is 0 Å². The van der Waals surface area contributed by atoms with Crippen molar-refractivity contribution in [2.45, 2.75) is 26.2 Å². The molecule has 0 radical (unpaired) electrons. The molecule has 2 rings (SSSR count). The van der Waals surface area contributed by atoms with Gasteiger partial charge in [-0.3, -0.25) is 10.4 Å². The number of benzene rings is 1. The SMILES string of the molecule is CCCCC1=NCN(c2cc(C(=O)OC)ccc2Cl)N1. The summed E-state index contributed by atoms with van der Waals surface area (Å²) in [6, 6.07) is 5.04. The van der Waals surface area contributed by atoms with Gasteiger partial charge in [-0.2, -0.15) is 0 Å². The third kappa shape index (κ3) is 3.22. The number of nitrogens with one attached hydrogen (secondary N) is 1. The number of nitrogens with zero attached hydrogens (tertiary/aromatic N) is 2. The van der Waals surface area contributed by atoms with E-state index in [0.29, 0.717) is 17.3 Å². The summed E-state index contributed by atoms with van der Waals surface area (Å²) in [6.07, 6.45) is 3.14. The zero-order valence-corrected chi connectivity index (χ0v) is 12.4. The molecule has 0 saturated carbocycles. The molecule has 108 valence electrons. The Morgan fingerprint density at radius 1 is 1.55 bits per heavy atom. The summed E-state index contributed by atoms with van der Waals surface area (Å²) in [5.41, 5.74) is 4.41. The molecule has 1 aliphatic rings. The minimum Gasteiger partial charge on any atom is -0.465 e. The number of halogens is 1. The van der Waals surface area contributed by atoms with Crippen LogP contribution >= 0.6 is 11.6 Å². The Hall–Kier alpha value is -1.75. The van der Waals surface area contributed by atoms with E-state index in [1.54, 1.807) is 18.2 Å². The number of rotatable bonds is 5. The van der Waals surface area contributed by atoms with Crippen LogP contribution in [0.2, 0.25) is 5.02 Å². The van der Waals surface area contributed by atoms with Crippen LogP contribution in [-0.2, 0) is 4.74 Å². The minimum atomic E-state index is -0.380. The summed E-state index contributed by atoms with van der Waals surface area (Å²) < 4.78 is 4.72. The first-order chi connectivity index (χ1) is 9.65. The van der Waals surface area contributed by atoms with Gasteiger partial charge in [0.1, 0.15) is 12.5 Å². The Bertz CT molecular complexity index is 531. The molecule has 0 unspecified atom stereocenters. The summed E-state index contributed by atoms with van der Waals surface area (Å²) in [6.45, 7) is 2.63. The number of methoxy groups -OCH3 is 1. The number of anilines is 1. The first kappa shape index (κ1) is 14.7. The number of hydrogen-bond donors (Lipinski definition) is 1. The molecule has 1 heterocycles. The van der Waals surface area contributed by atoms with Gasteiger partial charge in [-0.25, -0.2) is 9.79 Å². The van der Waals surface area contributed by atoms with E-state index in [-0.39, 0.29) is 5.97 Å². The van der Waals surface area contributed by atoms with Crippen LogP contribution in [-0.4, -0.2) is 25.6 Å². The van der Waals surface area contributed by atoms with E-state index >= 15 is 0 Å². The number of amidine groups is 1. The van der Waals surface area contributed by atoms with Crippen molar-refractivity contribution in [1.82, 2.24) is 5.43 Å². The minimum absolute atomic E-state index is 0.380. The smallest absolute Gasteiger partial charge is 0.337 e. The number of aliphatic imine (C=N–C) groups is 1. The van der Waals surface area contributed by atoms with Crippen molar-refractivity contribution in [1.29, 1.82) is 0 Å². The van der Waals surface area contributed by atoms with Gasteiger partial charge < -0.3 is 4.74 Å². The maximum atomic E-state index is 11.6. The number of unbranched alkanes of at least 4 members (excludes halogenated alkanes) is 1. The van der Waals surface area contributed by atoms with Crippen LogP contribution in [0.3, 0.4) is 0 Å². The number of carbonyl (C=O) groups excluding carboxylic acids is 1. The first-order valence-electron chi connectivity index (χ1n) is 6.61. The lowest BCUT2D eigenvalue weighted by Crippen LogP contribution is -2.36. The quantitative estimate of drug-likeness (QED) is 0.849. The molecule has 1 aromatic rings. The van der Waals surface area contributed by atoms with Crippen LogP contribution < -0.4 is 10.4 Å². The second-order valence-corrected chi connectivity index (χ2v) is 4.95. The van der Waals surface area contributed by atoms with Crippen LogP contribution in [0.1, 0.15) is 36.5 Å². The van der Waals surface area contributed by atoms with Crippen molar-refractivity contribution >= 4 is 29.1 Å². The van der Waals surface area contributed by atoms with E-state index in [2.05, 4.69) is 17.3 Å². The maximum Gasteiger partial charge on any atom is 0.337 e. The highest BCUT2D eigenvalue weighted by atomic mass is 35.5. The van der Waals surface area contributed by atoms with Crippen LogP contribution in [0.4, 0.5) is 5.69 Å². The van der Waals surface area contributed by atoms with Crippen LogP contribution in [0.5, 0.6) is 0 Å². The lowest BCUT2D eigenvalue weighted by Gasteiger charge is -2.20. The lowest BCUT2D eigenvalue weighted by atomic mass is 10.2. The zero-order chi connectivity index (χ0) is 14.5. The summed E-state index contributed by atoms with van der Waals surface area (Å²) in [4.78, 5) is 16.0. The van der Waals surface area contributed by atoms with Gasteiger partial charge in [-0.1, -0.05) is 24.9 Å². The highest BCUT2D eigenvalue weighted by Gasteiger charge is 2.19. The van der Waals surface area contributed by atoms with E-state index in [1.165, 1.54) is 7.11 Å². The highest BCUT2D eigenvalue weighted by Crippen LogP contribution is 2.27. The predicted molar refractivity (Wildman–Crippen MR) is 80.2 cm³/mol. The topological polar surface area (TPSA) is 53.9 Å². The average molecular weight is 296 g/mol. The summed E-state index contributed by atoms with van der Waals surface area (Å²) in [7, 11) is 1.36. The molecule has 0 saturated heterocycles. The molecule has 1 aromatic carbocycles. The molecule has 1 N–H and O–H groups in total. The summed E-state index contributed by atoms with van der Waals surface area (Å²) >= 11 is 6.19. The Kier molecular flexibility index (Phi) is 4.84. The lowest BCUT2D eigenvalue weighted by molar-refractivity contribution is 0.0601. The second kappa shape index (κ2) is 6.61. The molecule has 6 heteroatoms. The van der Waals surface area contributed by atoms with Crippen molar-refractivity contribution < 1.29 is 9.53 Å². The molecule has 0 amide bonds. The van der Waals surface area contributed by atoms with E-state index in [0.717, 1.165) is 30.8 Å². The fraction of sp³-hybridized carbons (Fsp3) is 0.429. The standard InChI is InChI=1S/C14H18ClN3O2/c1-3-4-5-13-16-9-18(17-13)12-8-10(14(19)20-2)6-7-11(12)15/h6-8H,3-5,9H2,1-2H3,(H,16,17). The molecule has 0 aromatic heterocycles. The Labute approximate surface area is 123 Å². The van der Waals surface area contributed by atoms with Gasteiger partial charge in [0.05, 0.1) is 23.4 Å². The fourth-order valence-electron chi connectivity index (χ4n) is 1.96. The van der Waals surface area contributed by atoms with Gasteiger partial charge >= 0.3 is 5.97 Å². The first-order valence-corrected chi connectivity index (χ1v) is 6.99. The monoisotopic (exact) mass is 295 g/mol. The van der Waals surface area contributed by atoms with Gasteiger partial charge in [0, 0.05) is 6.42 Å². The molecule has 0 fully saturated rings. The summed E-state index contributed by atoms with van der Waals surface area (Å²) in [5.74, 6) is 0.570. The van der Waals surface area contributed by atoms with Crippen molar-refractivity contribution in [3.05, 3.63) is 28.8 Å². The largest absolute Gasteiger partial charge is 0.465 e. The zero-order valence-electron chi connectivity index (χ0n) is 11.6. The molecular weight excluding hydrogens is 278 g/mol. The van der Waals surface area contributed by atoms with E-state index in [9.17, 15) is 4.79 Å². The molecular formula is C14H18ClN3O2. The normalized spacial score (nSPS) is 13.9. The molecule has 1 aliphatic heterocycles. The van der Waals surface area contributed by atoms with Gasteiger partial charge in [-0.05, 0) is 24.6 Å². The number of hydrogen-bond acceptors (Lipinski definition) is 5. The molecule has 5 nitrogen and oxygen atoms in total. The van der Waals surface area contributed by atoms with E-state index in [4.69, 9.17) is 16.3 Å². The molecule has 20 heavy (non-hydrogen) atoms. The van der Waals surface area contributed by atoms with Crippen molar-refractivity contribution in [2.24, 2.45) is 4.99 Å². The Morgan fingerprint density at radius 3 is 3.05 bits per heavy atom. The highest BCUT2D eigenvalue weighted by molar-refractivity contribution is 6.33.